The summed E-state index contributed by atoms with van der Waals surface area (Å²) in [6.45, 7) is 3.09. The van der Waals surface area contributed by atoms with Gasteiger partial charge in [-0.1, -0.05) is 0 Å². The van der Waals surface area contributed by atoms with Crippen molar-refractivity contribution in [3.63, 3.8) is 0 Å². The standard InChI is InChI=1S/C17H21FN4O4S/c1-12-15(21-16(20-12)13-2-4-14(18)5-3-13)17(23)19-6-11-27(24,25)22-7-9-26-10-8-22/h2-5H,6-11H2,1H3,(H,19,23)(H,20,21). The summed E-state index contributed by atoms with van der Waals surface area (Å²) in [7, 11) is -3.44. The molecular weight excluding hydrogens is 375 g/mol. The molecule has 1 aromatic carbocycles. The summed E-state index contributed by atoms with van der Waals surface area (Å²) in [6.07, 6.45) is 0. The van der Waals surface area contributed by atoms with E-state index in [1.807, 2.05) is 0 Å². The van der Waals surface area contributed by atoms with Crippen molar-refractivity contribution in [3.05, 3.63) is 41.5 Å². The van der Waals surface area contributed by atoms with Crippen LogP contribution in [0.2, 0.25) is 0 Å². The summed E-state index contributed by atoms with van der Waals surface area (Å²) in [5.74, 6) is -0.568. The van der Waals surface area contributed by atoms with Crippen LogP contribution in [0.25, 0.3) is 11.4 Å². The number of ether oxygens (including phenoxy) is 1. The second-order valence-electron chi connectivity index (χ2n) is 6.15. The van der Waals surface area contributed by atoms with Crippen molar-refractivity contribution in [1.82, 2.24) is 19.6 Å². The summed E-state index contributed by atoms with van der Waals surface area (Å²) in [4.78, 5) is 19.6. The van der Waals surface area contributed by atoms with E-state index in [9.17, 15) is 17.6 Å². The van der Waals surface area contributed by atoms with Gasteiger partial charge in [-0.2, -0.15) is 4.31 Å². The number of halogens is 1. The van der Waals surface area contributed by atoms with Gasteiger partial charge in [-0.3, -0.25) is 4.79 Å². The van der Waals surface area contributed by atoms with Crippen LogP contribution in [-0.2, 0) is 14.8 Å². The number of sulfonamides is 1. The van der Waals surface area contributed by atoms with Crippen LogP contribution >= 0.6 is 0 Å². The first kappa shape index (κ1) is 19.5. The van der Waals surface area contributed by atoms with Gasteiger partial charge in [-0.25, -0.2) is 17.8 Å². The number of aromatic nitrogens is 2. The molecule has 0 atom stereocenters. The molecule has 0 spiro atoms. The first-order valence-corrected chi connectivity index (χ1v) is 10.1. The van der Waals surface area contributed by atoms with Crippen LogP contribution in [0.1, 0.15) is 16.2 Å². The molecule has 2 aromatic rings. The van der Waals surface area contributed by atoms with E-state index in [0.29, 0.717) is 43.4 Å². The van der Waals surface area contributed by atoms with Crippen LogP contribution in [0.15, 0.2) is 24.3 Å². The summed E-state index contributed by atoms with van der Waals surface area (Å²) in [5.41, 5.74) is 1.37. The molecule has 146 valence electrons. The maximum atomic E-state index is 13.0. The van der Waals surface area contributed by atoms with Crippen LogP contribution in [0.3, 0.4) is 0 Å². The third-order valence-electron chi connectivity index (χ3n) is 4.23. The predicted octanol–water partition coefficient (Wildman–Crippen LogP) is 0.916. The number of H-pyrrole nitrogens is 1. The molecular formula is C17H21FN4O4S. The van der Waals surface area contributed by atoms with Gasteiger partial charge >= 0.3 is 0 Å². The van der Waals surface area contributed by atoms with Crippen molar-refractivity contribution in [1.29, 1.82) is 0 Å². The fourth-order valence-electron chi connectivity index (χ4n) is 2.76. The van der Waals surface area contributed by atoms with Crippen LogP contribution < -0.4 is 5.32 Å². The molecule has 1 aliphatic heterocycles. The monoisotopic (exact) mass is 396 g/mol. The zero-order chi connectivity index (χ0) is 19.4. The Kier molecular flexibility index (Phi) is 5.88. The average Bonchev–Trinajstić information content (AvgIpc) is 3.04. The highest BCUT2D eigenvalue weighted by Crippen LogP contribution is 2.18. The minimum Gasteiger partial charge on any atom is -0.379 e. The summed E-state index contributed by atoms with van der Waals surface area (Å²) in [5, 5.41) is 2.59. The highest BCUT2D eigenvalue weighted by atomic mass is 32.2. The topological polar surface area (TPSA) is 104 Å². The molecule has 27 heavy (non-hydrogen) atoms. The van der Waals surface area contributed by atoms with Gasteiger partial charge in [-0.15, -0.1) is 0 Å². The summed E-state index contributed by atoms with van der Waals surface area (Å²) < 4.78 is 44.1. The lowest BCUT2D eigenvalue weighted by Crippen LogP contribution is -2.43. The molecule has 0 saturated carbocycles. The van der Waals surface area contributed by atoms with Crippen LogP contribution in [0, 0.1) is 12.7 Å². The van der Waals surface area contributed by atoms with Crippen molar-refractivity contribution < 1.29 is 22.3 Å². The first-order chi connectivity index (χ1) is 12.9. The first-order valence-electron chi connectivity index (χ1n) is 8.53. The molecule has 0 bridgehead atoms. The van der Waals surface area contributed by atoms with E-state index >= 15 is 0 Å². The Labute approximate surface area is 156 Å². The highest BCUT2D eigenvalue weighted by molar-refractivity contribution is 7.89. The number of carbonyl (C=O) groups is 1. The number of benzene rings is 1. The third kappa shape index (κ3) is 4.71. The minimum absolute atomic E-state index is 0.0172. The molecule has 2 heterocycles. The molecule has 0 aliphatic carbocycles. The molecule has 8 nitrogen and oxygen atoms in total. The van der Waals surface area contributed by atoms with E-state index in [2.05, 4.69) is 15.3 Å². The zero-order valence-corrected chi connectivity index (χ0v) is 15.7. The molecule has 1 saturated heterocycles. The molecule has 1 fully saturated rings. The molecule has 10 heteroatoms. The number of carbonyl (C=O) groups excluding carboxylic acids is 1. The van der Waals surface area contributed by atoms with E-state index < -0.39 is 15.9 Å². The second kappa shape index (κ2) is 8.15. The van der Waals surface area contributed by atoms with Gasteiger partial charge in [0.2, 0.25) is 10.0 Å². The summed E-state index contributed by atoms with van der Waals surface area (Å²) in [6, 6.07) is 5.74. The van der Waals surface area contributed by atoms with Gasteiger partial charge < -0.3 is 15.0 Å². The van der Waals surface area contributed by atoms with Gasteiger partial charge in [0.15, 0.2) is 0 Å². The number of morpholine rings is 1. The number of amides is 1. The lowest BCUT2D eigenvalue weighted by molar-refractivity contribution is 0.0730. The maximum Gasteiger partial charge on any atom is 0.271 e. The Balaban J connectivity index is 1.60. The predicted molar refractivity (Wildman–Crippen MR) is 97.2 cm³/mol. The van der Waals surface area contributed by atoms with Crippen molar-refractivity contribution in [2.75, 3.05) is 38.6 Å². The summed E-state index contributed by atoms with van der Waals surface area (Å²) >= 11 is 0. The van der Waals surface area contributed by atoms with Crippen molar-refractivity contribution >= 4 is 15.9 Å². The lowest BCUT2D eigenvalue weighted by atomic mass is 10.2. The second-order valence-corrected chi connectivity index (χ2v) is 8.24. The van der Waals surface area contributed by atoms with E-state index in [-0.39, 0.29) is 23.8 Å². The lowest BCUT2D eigenvalue weighted by Gasteiger charge is -2.25. The van der Waals surface area contributed by atoms with Gasteiger partial charge in [-0.05, 0) is 31.2 Å². The van der Waals surface area contributed by atoms with Crippen LogP contribution in [0.4, 0.5) is 4.39 Å². The fraction of sp³-hybridized carbons (Fsp3) is 0.412. The SMILES string of the molecule is Cc1[nH]c(-c2ccc(F)cc2)nc1C(=O)NCCS(=O)(=O)N1CCOCC1. The van der Waals surface area contributed by atoms with Gasteiger partial charge in [0.25, 0.3) is 5.91 Å². The molecule has 0 unspecified atom stereocenters. The van der Waals surface area contributed by atoms with Crippen molar-refractivity contribution in [3.8, 4) is 11.4 Å². The minimum atomic E-state index is -3.44. The number of nitrogens with zero attached hydrogens (tertiary/aromatic N) is 2. The van der Waals surface area contributed by atoms with Crippen molar-refractivity contribution in [2.24, 2.45) is 0 Å². The van der Waals surface area contributed by atoms with Gasteiger partial charge in [0.1, 0.15) is 17.3 Å². The quantitative estimate of drug-likeness (QED) is 0.756. The average molecular weight is 396 g/mol. The third-order valence-corrected chi connectivity index (χ3v) is 6.10. The molecule has 3 rings (SSSR count). The van der Waals surface area contributed by atoms with E-state index in [4.69, 9.17) is 4.74 Å². The number of nitrogens with one attached hydrogen (secondary N) is 2. The van der Waals surface area contributed by atoms with Crippen LogP contribution in [0.5, 0.6) is 0 Å². The van der Waals surface area contributed by atoms with E-state index in [1.165, 1.54) is 16.4 Å². The Morgan fingerprint density at radius 2 is 1.96 bits per heavy atom. The Bertz CT molecular complexity index is 906. The fourth-order valence-corrected chi connectivity index (χ4v) is 4.08. The van der Waals surface area contributed by atoms with Crippen LogP contribution in [-0.4, -0.2) is 67.2 Å². The smallest absolute Gasteiger partial charge is 0.271 e. The highest BCUT2D eigenvalue weighted by Gasteiger charge is 2.24. The number of hydrogen-bond acceptors (Lipinski definition) is 5. The Morgan fingerprint density at radius 1 is 1.30 bits per heavy atom. The van der Waals surface area contributed by atoms with E-state index in [0.717, 1.165) is 0 Å². The Hall–Kier alpha value is -2.30. The number of imidazole rings is 1. The zero-order valence-electron chi connectivity index (χ0n) is 14.9. The Morgan fingerprint density at radius 3 is 2.63 bits per heavy atom. The normalized spacial score (nSPS) is 15.6. The number of aromatic amines is 1. The number of rotatable bonds is 6. The molecule has 1 amide bonds. The number of hydrogen-bond donors (Lipinski definition) is 2. The molecule has 1 aromatic heterocycles. The van der Waals surface area contributed by atoms with E-state index in [1.54, 1.807) is 19.1 Å². The van der Waals surface area contributed by atoms with Gasteiger partial charge in [0, 0.05) is 30.9 Å². The van der Waals surface area contributed by atoms with Gasteiger partial charge in [0.05, 0.1) is 19.0 Å². The van der Waals surface area contributed by atoms with Crippen molar-refractivity contribution in [2.45, 2.75) is 6.92 Å². The maximum absolute atomic E-state index is 13.0. The largest absolute Gasteiger partial charge is 0.379 e. The molecule has 0 radical (unpaired) electrons. The molecule has 2 N–H and O–H groups in total. The molecule has 1 aliphatic rings. The number of aryl methyl sites for hydroxylation is 1.